The summed E-state index contributed by atoms with van der Waals surface area (Å²) in [5, 5.41) is 14.5. The molecule has 0 aliphatic heterocycles. The van der Waals surface area contributed by atoms with E-state index in [1.807, 2.05) is 30.3 Å². The number of fused-ring (bicyclic) bond motifs is 7. The Morgan fingerprint density at radius 2 is 1.06 bits per heavy atom. The lowest BCUT2D eigenvalue weighted by Crippen LogP contribution is -1.99. The molecule has 0 saturated carbocycles. The van der Waals surface area contributed by atoms with E-state index in [9.17, 15) is 5.26 Å². The third-order valence-corrected chi connectivity index (χ3v) is 10.1. The molecule has 0 N–H and O–H groups in total. The van der Waals surface area contributed by atoms with Crippen molar-refractivity contribution in [1.29, 1.82) is 5.26 Å². The van der Waals surface area contributed by atoms with Crippen molar-refractivity contribution in [2.75, 3.05) is 0 Å². The number of rotatable bonds is 5. The highest BCUT2D eigenvalue weighted by atomic mass is 15.0. The molecule has 7 aromatic carbocycles. The normalized spacial score (nSPS) is 11.4. The van der Waals surface area contributed by atoms with E-state index in [0.29, 0.717) is 5.56 Å². The second kappa shape index (κ2) is 12.0. The number of hydrogen-bond acceptors (Lipinski definition) is 2. The van der Waals surface area contributed by atoms with Crippen LogP contribution < -0.4 is 0 Å². The van der Waals surface area contributed by atoms with Crippen LogP contribution in [0.3, 0.4) is 0 Å². The zero-order valence-corrected chi connectivity index (χ0v) is 28.1. The highest BCUT2D eigenvalue weighted by Crippen LogP contribution is 2.44. The molecule has 0 atom stereocenters. The quantitative estimate of drug-likeness (QED) is 0.184. The van der Waals surface area contributed by atoms with Crippen LogP contribution in [0.5, 0.6) is 0 Å². The van der Waals surface area contributed by atoms with Crippen molar-refractivity contribution in [3.8, 4) is 51.1 Å². The average Bonchev–Trinajstić information content (AvgIpc) is 3.74. The molecule has 3 heterocycles. The lowest BCUT2D eigenvalue weighted by atomic mass is 9.98. The first kappa shape index (κ1) is 29.7. The van der Waals surface area contributed by atoms with E-state index in [-0.39, 0.29) is 0 Å². The summed E-state index contributed by atoms with van der Waals surface area (Å²) in [6.45, 7) is 0. The molecule has 10 rings (SSSR count). The van der Waals surface area contributed by atoms with Gasteiger partial charge in [-0.15, -0.1) is 0 Å². The maximum absolute atomic E-state index is 9.79. The van der Waals surface area contributed by atoms with Crippen molar-refractivity contribution in [3.63, 3.8) is 0 Å². The molecule has 4 nitrogen and oxygen atoms in total. The number of para-hydroxylation sites is 3. The summed E-state index contributed by atoms with van der Waals surface area (Å²) < 4.78 is 4.75. The van der Waals surface area contributed by atoms with Gasteiger partial charge in [0.2, 0.25) is 0 Å². The van der Waals surface area contributed by atoms with E-state index in [1.54, 1.807) is 0 Å². The summed E-state index contributed by atoms with van der Waals surface area (Å²) in [5.41, 5.74) is 13.4. The summed E-state index contributed by atoms with van der Waals surface area (Å²) in [6, 6.07) is 66.0. The largest absolute Gasteiger partial charge is 0.309 e. The van der Waals surface area contributed by atoms with Gasteiger partial charge in [-0.05, 0) is 60.2 Å². The van der Waals surface area contributed by atoms with Gasteiger partial charge in [0.15, 0.2) is 0 Å². The minimum atomic E-state index is 0.634. The molecule has 0 unspecified atom stereocenters. The summed E-state index contributed by atoms with van der Waals surface area (Å²) >= 11 is 0. The molecule has 0 bridgehead atoms. The fraction of sp³-hybridized carbons (Fsp3) is 0. The Morgan fingerprint density at radius 3 is 1.77 bits per heavy atom. The first-order valence-electron chi connectivity index (χ1n) is 17.5. The van der Waals surface area contributed by atoms with Gasteiger partial charge in [-0.1, -0.05) is 127 Å². The highest BCUT2D eigenvalue weighted by Gasteiger charge is 2.22. The number of pyridine rings is 1. The fourth-order valence-electron chi connectivity index (χ4n) is 7.86. The zero-order valence-electron chi connectivity index (χ0n) is 28.1. The molecule has 0 aliphatic rings. The Hall–Kier alpha value is -7.22. The van der Waals surface area contributed by atoms with Gasteiger partial charge < -0.3 is 9.13 Å². The van der Waals surface area contributed by atoms with Crippen molar-refractivity contribution >= 4 is 43.6 Å². The molecule has 0 spiro atoms. The monoisotopic (exact) mass is 662 g/mol. The van der Waals surface area contributed by atoms with Gasteiger partial charge in [0.05, 0.1) is 50.8 Å². The first-order chi connectivity index (χ1) is 25.8. The van der Waals surface area contributed by atoms with Gasteiger partial charge in [0.1, 0.15) is 0 Å². The number of benzene rings is 7. The van der Waals surface area contributed by atoms with Gasteiger partial charge in [0, 0.05) is 43.9 Å². The number of nitriles is 1. The molecule has 4 heteroatoms. The maximum atomic E-state index is 9.79. The molecule has 52 heavy (non-hydrogen) atoms. The second-order valence-electron chi connectivity index (χ2n) is 13.1. The Bertz CT molecular complexity index is 2960. The highest BCUT2D eigenvalue weighted by molar-refractivity contribution is 6.26. The average molecular weight is 663 g/mol. The van der Waals surface area contributed by atoms with Crippen LogP contribution in [0.25, 0.3) is 88.6 Å². The summed E-state index contributed by atoms with van der Waals surface area (Å²) in [7, 11) is 0. The van der Waals surface area contributed by atoms with E-state index in [1.165, 1.54) is 16.2 Å². The predicted octanol–water partition coefficient (Wildman–Crippen LogP) is 12.1. The van der Waals surface area contributed by atoms with Crippen LogP contribution in [0.1, 0.15) is 5.56 Å². The molecule has 0 saturated heterocycles. The van der Waals surface area contributed by atoms with Crippen LogP contribution in [0.2, 0.25) is 0 Å². The van der Waals surface area contributed by atoms with Gasteiger partial charge in [-0.25, -0.2) is 4.98 Å². The summed E-state index contributed by atoms with van der Waals surface area (Å²) in [4.78, 5) is 5.18. The van der Waals surface area contributed by atoms with E-state index in [0.717, 1.165) is 72.5 Å². The number of hydrogen-bond donors (Lipinski definition) is 0. The number of aromatic nitrogens is 3. The molecule has 0 fully saturated rings. The standard InChI is InChI=1S/C48H30N4/c49-31-32-14-13-19-36(28-32)51-45-25-12-9-22-40(45)47-46(51)27-26-39-38-21-8-11-24-44(38)52(48(39)47)43-23-10-7-20-37(43)35-29-41(33-15-3-1-4-16-33)50-42(30-35)34-17-5-2-6-18-34/h1-30H. The smallest absolute Gasteiger partial charge is 0.0992 e. The molecule has 0 radical (unpaired) electrons. The topological polar surface area (TPSA) is 46.5 Å². The van der Waals surface area contributed by atoms with Crippen molar-refractivity contribution in [2.45, 2.75) is 0 Å². The minimum absolute atomic E-state index is 0.634. The third kappa shape index (κ3) is 4.65. The minimum Gasteiger partial charge on any atom is -0.309 e. The molecule has 0 aliphatic carbocycles. The fourth-order valence-corrected chi connectivity index (χ4v) is 7.86. The van der Waals surface area contributed by atoms with Crippen molar-refractivity contribution < 1.29 is 0 Å². The molecular weight excluding hydrogens is 633 g/mol. The lowest BCUT2D eigenvalue weighted by Gasteiger charge is -2.16. The van der Waals surface area contributed by atoms with E-state index >= 15 is 0 Å². The Labute approximate surface area is 300 Å². The van der Waals surface area contributed by atoms with Crippen molar-refractivity contribution in [3.05, 3.63) is 188 Å². The Balaban J connectivity index is 1.31. The van der Waals surface area contributed by atoms with Crippen LogP contribution in [0.4, 0.5) is 0 Å². The van der Waals surface area contributed by atoms with Gasteiger partial charge in [-0.3, -0.25) is 0 Å². The SMILES string of the molecule is N#Cc1cccc(-n2c3ccccc3c3c2ccc2c4ccccc4n(-c4ccccc4-c4cc(-c5ccccc5)nc(-c5ccccc5)c4)c23)c1. The lowest BCUT2D eigenvalue weighted by molar-refractivity contribution is 1.17. The Morgan fingerprint density at radius 1 is 0.442 bits per heavy atom. The second-order valence-corrected chi connectivity index (χ2v) is 13.1. The van der Waals surface area contributed by atoms with Gasteiger partial charge in [0.25, 0.3) is 0 Å². The third-order valence-electron chi connectivity index (χ3n) is 10.1. The van der Waals surface area contributed by atoms with E-state index in [2.05, 4.69) is 167 Å². The van der Waals surface area contributed by atoms with Crippen LogP contribution in [0.15, 0.2) is 182 Å². The van der Waals surface area contributed by atoms with Crippen molar-refractivity contribution in [2.24, 2.45) is 0 Å². The predicted molar refractivity (Wildman–Crippen MR) is 214 cm³/mol. The molecule has 0 amide bonds. The number of nitrogens with zero attached hydrogens (tertiary/aromatic N) is 4. The maximum Gasteiger partial charge on any atom is 0.0992 e. The van der Waals surface area contributed by atoms with Crippen molar-refractivity contribution in [1.82, 2.24) is 14.1 Å². The van der Waals surface area contributed by atoms with E-state index in [4.69, 9.17) is 4.98 Å². The molecule has 242 valence electrons. The zero-order chi connectivity index (χ0) is 34.6. The Kier molecular flexibility index (Phi) is 6.84. The van der Waals surface area contributed by atoms with E-state index < -0.39 is 0 Å². The van der Waals surface area contributed by atoms with Crippen LogP contribution in [0, 0.1) is 11.3 Å². The summed E-state index contributed by atoms with van der Waals surface area (Å²) in [5.74, 6) is 0. The first-order valence-corrected chi connectivity index (χ1v) is 17.5. The van der Waals surface area contributed by atoms with Gasteiger partial charge >= 0.3 is 0 Å². The molecular formula is C48H30N4. The van der Waals surface area contributed by atoms with Gasteiger partial charge in [-0.2, -0.15) is 5.26 Å². The molecule has 10 aromatic rings. The van der Waals surface area contributed by atoms with Crippen LogP contribution >= 0.6 is 0 Å². The summed E-state index contributed by atoms with van der Waals surface area (Å²) in [6.07, 6.45) is 0. The van der Waals surface area contributed by atoms with Crippen LogP contribution in [-0.2, 0) is 0 Å². The van der Waals surface area contributed by atoms with Crippen LogP contribution in [-0.4, -0.2) is 14.1 Å². The molecule has 3 aromatic heterocycles.